The Morgan fingerprint density at radius 2 is 2.31 bits per heavy atom. The number of likely N-dealkylation sites (N-methyl/N-ethyl adjacent to an activating group) is 1. The van der Waals surface area contributed by atoms with Crippen LogP contribution in [0.2, 0.25) is 0 Å². The lowest BCUT2D eigenvalue weighted by Crippen LogP contribution is -2.30. The van der Waals surface area contributed by atoms with Crippen molar-refractivity contribution in [2.75, 3.05) is 19.8 Å². The van der Waals surface area contributed by atoms with Gasteiger partial charge in [-0.1, -0.05) is 11.8 Å². The average molecular weight is 245 g/mol. The smallest absolute Gasteiger partial charge is 0.313 e. The number of hydrogen-bond donors (Lipinski definition) is 1. The molecule has 16 heavy (non-hydrogen) atoms. The first kappa shape index (κ1) is 12.9. The average Bonchev–Trinajstić information content (AvgIpc) is 2.62. The minimum atomic E-state index is -0.875. The highest BCUT2D eigenvalue weighted by Crippen LogP contribution is 2.13. The van der Waals surface area contributed by atoms with Gasteiger partial charge in [-0.3, -0.25) is 4.79 Å². The number of carbonyl (C=O) groups is 1. The molecule has 90 valence electrons. The van der Waals surface area contributed by atoms with Crippen molar-refractivity contribution in [3.05, 3.63) is 0 Å². The molecule has 1 N–H and O–H groups in total. The molecule has 0 aliphatic heterocycles. The lowest BCUT2D eigenvalue weighted by Gasteiger charge is -2.19. The number of hydrogen-bond acceptors (Lipinski definition) is 6. The Hall–Kier alpha value is -1.15. The summed E-state index contributed by atoms with van der Waals surface area (Å²) in [6, 6.07) is 0.285. The van der Waals surface area contributed by atoms with Crippen LogP contribution in [0.15, 0.2) is 5.16 Å². The molecule has 0 saturated heterocycles. The van der Waals surface area contributed by atoms with Crippen molar-refractivity contribution in [2.45, 2.75) is 24.7 Å². The third kappa shape index (κ3) is 3.78. The Labute approximate surface area is 97.8 Å². The zero-order valence-electron chi connectivity index (χ0n) is 9.49. The number of carboxylic acids is 1. The van der Waals surface area contributed by atoms with Crippen LogP contribution in [-0.4, -0.2) is 62.1 Å². The first-order valence-corrected chi connectivity index (χ1v) is 5.76. The van der Waals surface area contributed by atoms with Crippen molar-refractivity contribution in [2.24, 2.45) is 0 Å². The highest BCUT2D eigenvalue weighted by molar-refractivity contribution is 7.99. The molecule has 0 radical (unpaired) electrons. The molecule has 0 saturated carbocycles. The van der Waals surface area contributed by atoms with Crippen LogP contribution < -0.4 is 0 Å². The van der Waals surface area contributed by atoms with Crippen molar-refractivity contribution in [1.82, 2.24) is 25.1 Å². The van der Waals surface area contributed by atoms with Crippen molar-refractivity contribution in [3.63, 3.8) is 0 Å². The number of aliphatic carboxylic acids is 1. The number of tetrazole rings is 1. The standard InChI is InChI=1S/C8H15N5O2S/c1-6(12(2)3)4-13-8(9-10-11-13)16-5-7(14)15/h6H,4-5H2,1-3H3,(H,14,15). The highest BCUT2D eigenvalue weighted by Gasteiger charge is 2.12. The Morgan fingerprint density at radius 3 is 2.88 bits per heavy atom. The molecular formula is C8H15N5O2S. The summed E-state index contributed by atoms with van der Waals surface area (Å²) in [7, 11) is 3.94. The highest BCUT2D eigenvalue weighted by atomic mass is 32.2. The molecule has 0 fully saturated rings. The summed E-state index contributed by atoms with van der Waals surface area (Å²) in [4.78, 5) is 12.5. The predicted octanol–water partition coefficient (Wildman–Crippen LogP) is -0.200. The van der Waals surface area contributed by atoms with Gasteiger partial charge in [0.25, 0.3) is 0 Å². The molecule has 0 aliphatic rings. The number of aromatic nitrogens is 4. The van der Waals surface area contributed by atoms with Crippen LogP contribution in [0.1, 0.15) is 6.92 Å². The lowest BCUT2D eigenvalue weighted by molar-refractivity contribution is -0.133. The third-order valence-electron chi connectivity index (χ3n) is 2.14. The summed E-state index contributed by atoms with van der Waals surface area (Å²) >= 11 is 1.12. The van der Waals surface area contributed by atoms with Gasteiger partial charge in [0.05, 0.1) is 12.3 Å². The van der Waals surface area contributed by atoms with Gasteiger partial charge in [0, 0.05) is 6.04 Å². The molecule has 0 amide bonds. The summed E-state index contributed by atoms with van der Waals surface area (Å²) in [5.41, 5.74) is 0. The quantitative estimate of drug-likeness (QED) is 0.695. The SMILES string of the molecule is CC(Cn1nnnc1SCC(=O)O)N(C)C. The van der Waals surface area contributed by atoms with Gasteiger partial charge in [-0.15, -0.1) is 5.10 Å². The number of rotatable bonds is 6. The van der Waals surface area contributed by atoms with Crippen LogP contribution in [0.25, 0.3) is 0 Å². The summed E-state index contributed by atoms with van der Waals surface area (Å²) in [5, 5.41) is 20.3. The summed E-state index contributed by atoms with van der Waals surface area (Å²) in [5.74, 6) is -0.906. The number of nitrogens with zero attached hydrogens (tertiary/aromatic N) is 5. The van der Waals surface area contributed by atoms with Crippen molar-refractivity contribution < 1.29 is 9.90 Å². The first-order valence-electron chi connectivity index (χ1n) is 4.78. The molecule has 1 rings (SSSR count). The zero-order valence-corrected chi connectivity index (χ0v) is 10.3. The van der Waals surface area contributed by atoms with E-state index in [1.165, 1.54) is 0 Å². The summed E-state index contributed by atoms with van der Waals surface area (Å²) in [6.45, 7) is 2.69. The van der Waals surface area contributed by atoms with Crippen LogP contribution in [0.4, 0.5) is 0 Å². The molecule has 1 aromatic heterocycles. The molecule has 8 heteroatoms. The maximum Gasteiger partial charge on any atom is 0.313 e. The molecule has 0 aliphatic carbocycles. The summed E-state index contributed by atoms with van der Waals surface area (Å²) in [6.07, 6.45) is 0. The topological polar surface area (TPSA) is 84.1 Å². The molecule has 0 aromatic carbocycles. The van der Waals surface area contributed by atoms with Crippen molar-refractivity contribution >= 4 is 17.7 Å². The summed E-state index contributed by atoms with van der Waals surface area (Å²) < 4.78 is 1.62. The van der Waals surface area contributed by atoms with Gasteiger partial charge in [-0.2, -0.15) is 0 Å². The molecule has 0 bridgehead atoms. The van der Waals surface area contributed by atoms with E-state index in [1.807, 2.05) is 25.9 Å². The largest absolute Gasteiger partial charge is 0.481 e. The minimum absolute atomic E-state index is 0.0310. The molecule has 1 unspecified atom stereocenters. The van der Waals surface area contributed by atoms with Crippen LogP contribution in [0.3, 0.4) is 0 Å². The van der Waals surface area contributed by atoms with Crippen LogP contribution in [0.5, 0.6) is 0 Å². The Morgan fingerprint density at radius 1 is 1.62 bits per heavy atom. The fourth-order valence-corrected chi connectivity index (χ4v) is 1.56. The van der Waals surface area contributed by atoms with E-state index in [4.69, 9.17) is 5.11 Å². The maximum absolute atomic E-state index is 10.4. The second kappa shape index (κ2) is 5.80. The van der Waals surface area contributed by atoms with Crippen LogP contribution in [0, 0.1) is 0 Å². The van der Waals surface area contributed by atoms with Gasteiger partial charge in [-0.05, 0) is 31.4 Å². The Balaban J connectivity index is 2.59. The van der Waals surface area contributed by atoms with E-state index in [9.17, 15) is 4.79 Å². The predicted molar refractivity (Wildman–Crippen MR) is 59.3 cm³/mol. The molecule has 1 aromatic rings. The monoisotopic (exact) mass is 245 g/mol. The van der Waals surface area contributed by atoms with Gasteiger partial charge in [-0.25, -0.2) is 4.68 Å². The Bertz CT molecular complexity index is 354. The van der Waals surface area contributed by atoms with E-state index in [-0.39, 0.29) is 11.8 Å². The Kier molecular flexibility index (Phi) is 4.69. The van der Waals surface area contributed by atoms with Gasteiger partial charge < -0.3 is 10.0 Å². The van der Waals surface area contributed by atoms with Crippen molar-refractivity contribution in [3.8, 4) is 0 Å². The van der Waals surface area contributed by atoms with Crippen LogP contribution >= 0.6 is 11.8 Å². The van der Waals surface area contributed by atoms with E-state index in [0.29, 0.717) is 11.7 Å². The molecule has 0 spiro atoms. The molecule has 7 nitrogen and oxygen atoms in total. The van der Waals surface area contributed by atoms with Crippen molar-refractivity contribution in [1.29, 1.82) is 0 Å². The second-order valence-corrected chi connectivity index (χ2v) is 4.58. The first-order chi connectivity index (χ1) is 7.50. The molecule has 1 atom stereocenters. The fraction of sp³-hybridized carbons (Fsp3) is 0.750. The van der Waals surface area contributed by atoms with E-state index >= 15 is 0 Å². The van der Waals surface area contributed by atoms with Gasteiger partial charge in [0.2, 0.25) is 5.16 Å². The van der Waals surface area contributed by atoms with E-state index in [1.54, 1.807) is 4.68 Å². The number of thioether (sulfide) groups is 1. The minimum Gasteiger partial charge on any atom is -0.481 e. The molecule has 1 heterocycles. The third-order valence-corrected chi connectivity index (χ3v) is 3.08. The number of carboxylic acid groups (broad SMARTS) is 1. The van der Waals surface area contributed by atoms with E-state index in [2.05, 4.69) is 15.5 Å². The van der Waals surface area contributed by atoms with E-state index < -0.39 is 5.97 Å². The maximum atomic E-state index is 10.4. The normalized spacial score (nSPS) is 13.0. The zero-order chi connectivity index (χ0) is 12.1. The molecular weight excluding hydrogens is 230 g/mol. The fourth-order valence-electron chi connectivity index (χ4n) is 0.954. The van der Waals surface area contributed by atoms with Gasteiger partial charge in [0.15, 0.2) is 0 Å². The van der Waals surface area contributed by atoms with Gasteiger partial charge in [0.1, 0.15) is 0 Å². The lowest BCUT2D eigenvalue weighted by atomic mass is 10.3. The second-order valence-electron chi connectivity index (χ2n) is 3.64. The van der Waals surface area contributed by atoms with Gasteiger partial charge >= 0.3 is 5.97 Å². The van der Waals surface area contributed by atoms with Crippen LogP contribution in [-0.2, 0) is 11.3 Å². The van der Waals surface area contributed by atoms with E-state index in [0.717, 1.165) is 11.8 Å².